The zero-order chi connectivity index (χ0) is 16.2. The second-order valence-corrected chi connectivity index (χ2v) is 7.16. The molecule has 21 heavy (non-hydrogen) atoms. The van der Waals surface area contributed by atoms with E-state index in [4.69, 9.17) is 4.74 Å². The van der Waals surface area contributed by atoms with Gasteiger partial charge in [-0.05, 0) is 42.4 Å². The highest BCUT2D eigenvalue weighted by molar-refractivity contribution is 7.90. The molecule has 0 atom stereocenters. The number of methoxy groups -OCH3 is 1. The zero-order valence-electron chi connectivity index (χ0n) is 13.4. The molecule has 118 valence electrons. The summed E-state index contributed by atoms with van der Waals surface area (Å²) in [6, 6.07) is 3.34. The molecule has 0 bridgehead atoms. The molecule has 0 heterocycles. The van der Waals surface area contributed by atoms with Crippen LogP contribution in [0.3, 0.4) is 0 Å². The summed E-state index contributed by atoms with van der Waals surface area (Å²) < 4.78 is 29.0. The van der Waals surface area contributed by atoms with Crippen LogP contribution in [-0.2, 0) is 21.0 Å². The summed E-state index contributed by atoms with van der Waals surface area (Å²) in [6.45, 7) is 6.03. The monoisotopic (exact) mass is 312 g/mol. The summed E-state index contributed by atoms with van der Waals surface area (Å²) in [4.78, 5) is 12.1. The number of rotatable bonds is 6. The normalized spacial score (nSPS) is 11.7. The fourth-order valence-electron chi connectivity index (χ4n) is 2.60. The number of carbonyl (C=O) groups excluding carboxylic acids is 1. The highest BCUT2D eigenvalue weighted by atomic mass is 32.2. The molecule has 1 aromatic carbocycles. The average Bonchev–Trinajstić information content (AvgIpc) is 2.45. The molecule has 0 amide bonds. The fourth-order valence-corrected chi connectivity index (χ4v) is 3.59. The first kappa shape index (κ1) is 17.7. The molecule has 0 spiro atoms. The maximum Gasteiger partial charge on any atom is 0.338 e. The Labute approximate surface area is 127 Å². The van der Waals surface area contributed by atoms with Gasteiger partial charge in [0.2, 0.25) is 0 Å². The van der Waals surface area contributed by atoms with Crippen molar-refractivity contribution >= 4 is 15.8 Å². The van der Waals surface area contributed by atoms with E-state index in [9.17, 15) is 13.2 Å². The van der Waals surface area contributed by atoms with Crippen molar-refractivity contribution in [1.82, 2.24) is 0 Å². The van der Waals surface area contributed by atoms with Crippen LogP contribution in [0, 0.1) is 0 Å². The molecule has 4 nitrogen and oxygen atoms in total. The third-order valence-electron chi connectivity index (χ3n) is 3.85. The molecule has 0 unspecified atom stereocenters. The van der Waals surface area contributed by atoms with Crippen LogP contribution in [0.25, 0.3) is 0 Å². The van der Waals surface area contributed by atoms with Crippen LogP contribution in [0.5, 0.6) is 0 Å². The smallest absolute Gasteiger partial charge is 0.338 e. The van der Waals surface area contributed by atoms with E-state index >= 15 is 0 Å². The van der Waals surface area contributed by atoms with Crippen LogP contribution in [0.4, 0.5) is 0 Å². The average molecular weight is 312 g/mol. The summed E-state index contributed by atoms with van der Waals surface area (Å²) in [5.74, 6) is -0.320. The van der Waals surface area contributed by atoms with Crippen molar-refractivity contribution in [3.63, 3.8) is 0 Å². The van der Waals surface area contributed by atoms with Gasteiger partial charge in [-0.15, -0.1) is 0 Å². The molecule has 0 saturated heterocycles. The van der Waals surface area contributed by atoms with Gasteiger partial charge >= 0.3 is 5.97 Å². The van der Waals surface area contributed by atoms with E-state index in [1.807, 2.05) is 26.8 Å². The minimum absolute atomic E-state index is 0.173. The molecule has 1 rings (SSSR count). The number of hydrogen-bond acceptors (Lipinski definition) is 4. The van der Waals surface area contributed by atoms with Gasteiger partial charge < -0.3 is 4.74 Å². The van der Waals surface area contributed by atoms with Gasteiger partial charge in [-0.25, -0.2) is 13.2 Å². The first-order valence-electron chi connectivity index (χ1n) is 7.25. The lowest BCUT2D eigenvalue weighted by Crippen LogP contribution is -2.13. The van der Waals surface area contributed by atoms with Crippen LogP contribution >= 0.6 is 0 Å². The highest BCUT2D eigenvalue weighted by Crippen LogP contribution is 2.32. The van der Waals surface area contributed by atoms with Crippen LogP contribution in [0.1, 0.15) is 61.0 Å². The number of benzene rings is 1. The van der Waals surface area contributed by atoms with Crippen molar-refractivity contribution in [2.45, 2.75) is 50.8 Å². The van der Waals surface area contributed by atoms with Crippen molar-refractivity contribution in [2.24, 2.45) is 0 Å². The van der Waals surface area contributed by atoms with Gasteiger partial charge in [0.1, 0.15) is 0 Å². The topological polar surface area (TPSA) is 60.4 Å². The third-order valence-corrected chi connectivity index (χ3v) is 5.00. The summed E-state index contributed by atoms with van der Waals surface area (Å²) in [5, 5.41) is 0. The molecule has 5 heteroatoms. The Bertz CT molecular complexity index is 613. The molecule has 1 aromatic rings. The molecular formula is C16H24O4S. The lowest BCUT2D eigenvalue weighted by molar-refractivity contribution is 0.0599. The van der Waals surface area contributed by atoms with E-state index < -0.39 is 15.8 Å². The zero-order valence-corrected chi connectivity index (χ0v) is 14.2. The first-order chi connectivity index (χ1) is 9.79. The number of esters is 1. The molecule has 0 aliphatic rings. The van der Waals surface area contributed by atoms with Crippen LogP contribution in [-0.4, -0.2) is 27.8 Å². The largest absolute Gasteiger partial charge is 0.465 e. The molecule has 0 aromatic heterocycles. The Morgan fingerprint density at radius 3 is 2.14 bits per heavy atom. The molecular weight excluding hydrogens is 288 g/mol. The maximum atomic E-state index is 12.1. The maximum absolute atomic E-state index is 12.1. The van der Waals surface area contributed by atoms with Crippen molar-refractivity contribution < 1.29 is 17.9 Å². The Kier molecular flexibility index (Phi) is 5.96. The second-order valence-electron chi connectivity index (χ2n) is 5.18. The number of ether oxygens (including phenoxy) is 1. The molecule has 0 saturated carbocycles. The first-order valence-corrected chi connectivity index (χ1v) is 9.14. The van der Waals surface area contributed by atoms with Crippen LogP contribution in [0.2, 0.25) is 0 Å². The van der Waals surface area contributed by atoms with E-state index in [0.29, 0.717) is 12.0 Å². The second kappa shape index (κ2) is 7.07. The number of aryl methyl sites for hydroxylation is 1. The summed E-state index contributed by atoms with van der Waals surface area (Å²) in [6.07, 6.45) is 3.56. The van der Waals surface area contributed by atoms with Crippen LogP contribution < -0.4 is 0 Å². The third kappa shape index (κ3) is 3.84. The Hall–Kier alpha value is -1.36. The standard InChI is InChI=1S/C16H24O4S/c1-6-11(7-2)13-9-12(8-3)14(16(17)20-4)10-15(13)21(5,18)19/h9-11H,6-8H2,1-5H3. The van der Waals surface area contributed by atoms with Crippen molar-refractivity contribution in [1.29, 1.82) is 0 Å². The lowest BCUT2D eigenvalue weighted by atomic mass is 9.90. The van der Waals surface area contributed by atoms with Gasteiger partial charge in [-0.1, -0.05) is 26.8 Å². The van der Waals surface area contributed by atoms with Crippen molar-refractivity contribution in [3.05, 3.63) is 28.8 Å². The quantitative estimate of drug-likeness (QED) is 0.756. The van der Waals surface area contributed by atoms with Gasteiger partial charge in [0.05, 0.1) is 17.6 Å². The number of carbonyl (C=O) groups is 1. The van der Waals surface area contributed by atoms with E-state index in [-0.39, 0.29) is 10.8 Å². The fraction of sp³-hybridized carbons (Fsp3) is 0.562. The summed E-state index contributed by atoms with van der Waals surface area (Å²) in [5.41, 5.74) is 1.98. The number of hydrogen-bond donors (Lipinski definition) is 0. The predicted octanol–water partition coefficient (Wildman–Crippen LogP) is 3.34. The molecule has 0 radical (unpaired) electrons. The van der Waals surface area contributed by atoms with Gasteiger partial charge in [-0.2, -0.15) is 0 Å². The number of sulfone groups is 1. The molecule has 0 fully saturated rings. The highest BCUT2D eigenvalue weighted by Gasteiger charge is 2.23. The minimum Gasteiger partial charge on any atom is -0.465 e. The van der Waals surface area contributed by atoms with Crippen LogP contribution in [0.15, 0.2) is 17.0 Å². The predicted molar refractivity (Wildman–Crippen MR) is 83.6 cm³/mol. The van der Waals surface area contributed by atoms with E-state index in [0.717, 1.165) is 24.0 Å². The Morgan fingerprint density at radius 1 is 1.19 bits per heavy atom. The Balaban J connectivity index is 3.68. The van der Waals surface area contributed by atoms with Gasteiger partial charge in [0.15, 0.2) is 9.84 Å². The summed E-state index contributed by atoms with van der Waals surface area (Å²) >= 11 is 0. The SMILES string of the molecule is CCc1cc(C(CC)CC)c(S(C)(=O)=O)cc1C(=O)OC. The van der Waals surface area contributed by atoms with Gasteiger partial charge in [0, 0.05) is 6.26 Å². The van der Waals surface area contributed by atoms with Crippen molar-refractivity contribution in [3.8, 4) is 0 Å². The van der Waals surface area contributed by atoms with E-state index in [1.165, 1.54) is 19.4 Å². The minimum atomic E-state index is -3.40. The van der Waals surface area contributed by atoms with Gasteiger partial charge in [0.25, 0.3) is 0 Å². The van der Waals surface area contributed by atoms with Crippen molar-refractivity contribution in [2.75, 3.05) is 13.4 Å². The van der Waals surface area contributed by atoms with E-state index in [1.54, 1.807) is 0 Å². The molecule has 0 N–H and O–H groups in total. The van der Waals surface area contributed by atoms with E-state index in [2.05, 4.69) is 0 Å². The van der Waals surface area contributed by atoms with Gasteiger partial charge in [-0.3, -0.25) is 0 Å². The summed E-state index contributed by atoms with van der Waals surface area (Å²) in [7, 11) is -2.09. The Morgan fingerprint density at radius 2 is 1.76 bits per heavy atom. The lowest BCUT2D eigenvalue weighted by Gasteiger charge is -2.19. The molecule has 0 aliphatic carbocycles. The molecule has 0 aliphatic heterocycles.